The number of nitrogens with zero attached hydrogens (tertiary/aromatic N) is 2. The summed E-state index contributed by atoms with van der Waals surface area (Å²) in [5.41, 5.74) is 8.40. The lowest BCUT2D eigenvalue weighted by Gasteiger charge is -2.04. The summed E-state index contributed by atoms with van der Waals surface area (Å²) in [6, 6.07) is 11.8. The van der Waals surface area contributed by atoms with Gasteiger partial charge in [0.15, 0.2) is 6.61 Å². The maximum atomic E-state index is 11.7. The average Bonchev–Trinajstić information content (AvgIpc) is 2.66. The highest BCUT2D eigenvalue weighted by molar-refractivity contribution is 6.35. The summed E-state index contributed by atoms with van der Waals surface area (Å²) in [6.45, 7) is -0.0688. The minimum absolute atomic E-state index is 0.142. The Bertz CT molecular complexity index is 791. The lowest BCUT2D eigenvalue weighted by molar-refractivity contribution is -0.139. The molecule has 1 heterocycles. The maximum Gasteiger partial charge on any atom is 0.329 e. The molecule has 0 saturated carbocycles. The number of ether oxygens (including phenoxy) is 1. The minimum atomic E-state index is -0.890. The summed E-state index contributed by atoms with van der Waals surface area (Å²) in [6.07, 6.45) is 2.96. The van der Waals surface area contributed by atoms with Crippen LogP contribution in [-0.2, 0) is 20.9 Å². The fourth-order valence-electron chi connectivity index (χ4n) is 1.77. The van der Waals surface area contributed by atoms with Gasteiger partial charge < -0.3 is 15.8 Å². The van der Waals surface area contributed by atoms with E-state index >= 15 is 0 Å². The summed E-state index contributed by atoms with van der Waals surface area (Å²) >= 11 is 0. The largest absolute Gasteiger partial charge is 0.484 e. The van der Waals surface area contributed by atoms with Crippen LogP contribution in [0, 0.1) is 0 Å². The third-order valence-electron chi connectivity index (χ3n) is 3.00. The molecule has 2 aromatic rings. The van der Waals surface area contributed by atoms with Gasteiger partial charge in [0.05, 0.1) is 18.5 Å². The van der Waals surface area contributed by atoms with Crippen LogP contribution in [0.25, 0.3) is 0 Å². The highest BCUT2D eigenvalue weighted by Gasteiger charge is 2.11. The van der Waals surface area contributed by atoms with E-state index < -0.39 is 17.7 Å². The molecule has 0 aliphatic carbocycles. The van der Waals surface area contributed by atoms with Crippen LogP contribution in [0.3, 0.4) is 0 Å². The second kappa shape index (κ2) is 9.52. The fraction of sp³-hybridized carbons (Fsp3) is 0.118. The molecular formula is C17H17N5O4. The highest BCUT2D eigenvalue weighted by atomic mass is 16.5. The number of benzene rings is 1. The van der Waals surface area contributed by atoms with Crippen molar-refractivity contribution in [1.82, 2.24) is 15.7 Å². The van der Waals surface area contributed by atoms with E-state index in [1.165, 1.54) is 6.21 Å². The smallest absolute Gasteiger partial charge is 0.329 e. The fourth-order valence-corrected chi connectivity index (χ4v) is 1.77. The molecule has 4 N–H and O–H groups in total. The molecule has 3 amide bonds. The molecule has 2 rings (SSSR count). The molecule has 0 radical (unpaired) electrons. The molecule has 0 fully saturated rings. The molecule has 26 heavy (non-hydrogen) atoms. The second-order valence-electron chi connectivity index (χ2n) is 5.03. The molecule has 0 saturated heterocycles. The minimum Gasteiger partial charge on any atom is -0.484 e. The molecule has 9 nitrogen and oxygen atoms in total. The Morgan fingerprint density at radius 1 is 1.12 bits per heavy atom. The van der Waals surface area contributed by atoms with Crippen LogP contribution in [0.15, 0.2) is 53.8 Å². The van der Waals surface area contributed by atoms with E-state index in [0.717, 1.165) is 0 Å². The molecule has 0 bridgehead atoms. The number of aromatic nitrogens is 1. The molecule has 1 aromatic carbocycles. The average molecular weight is 355 g/mol. The number of carbonyl (C=O) groups is 3. The number of nitrogens with two attached hydrogens (primary N) is 1. The van der Waals surface area contributed by atoms with Gasteiger partial charge >= 0.3 is 11.8 Å². The van der Waals surface area contributed by atoms with E-state index in [1.807, 2.05) is 0 Å². The highest BCUT2D eigenvalue weighted by Crippen LogP contribution is 2.10. The Morgan fingerprint density at radius 3 is 2.54 bits per heavy atom. The van der Waals surface area contributed by atoms with Crippen LogP contribution >= 0.6 is 0 Å². The molecule has 0 atom stereocenters. The summed E-state index contributed by atoms with van der Waals surface area (Å²) in [5, 5.41) is 6.14. The van der Waals surface area contributed by atoms with Gasteiger partial charge in [0.25, 0.3) is 5.91 Å². The van der Waals surface area contributed by atoms with Crippen molar-refractivity contribution >= 4 is 23.9 Å². The first-order chi connectivity index (χ1) is 12.5. The van der Waals surface area contributed by atoms with Crippen LogP contribution in [0.1, 0.15) is 11.3 Å². The number of primary amides is 1. The lowest BCUT2D eigenvalue weighted by Crippen LogP contribution is -2.37. The molecule has 0 aliphatic heterocycles. The van der Waals surface area contributed by atoms with Crippen molar-refractivity contribution in [2.45, 2.75) is 6.54 Å². The first-order valence-corrected chi connectivity index (χ1v) is 7.57. The van der Waals surface area contributed by atoms with E-state index in [-0.39, 0.29) is 13.2 Å². The van der Waals surface area contributed by atoms with Crippen molar-refractivity contribution in [2.24, 2.45) is 10.8 Å². The Labute approximate surface area is 149 Å². The van der Waals surface area contributed by atoms with Gasteiger partial charge in [0.1, 0.15) is 5.75 Å². The first kappa shape index (κ1) is 18.6. The molecule has 9 heteroatoms. The first-order valence-electron chi connectivity index (χ1n) is 7.57. The topological polar surface area (TPSA) is 136 Å². The molecule has 0 aliphatic rings. The summed E-state index contributed by atoms with van der Waals surface area (Å²) < 4.78 is 5.11. The van der Waals surface area contributed by atoms with Crippen molar-refractivity contribution in [3.05, 3.63) is 59.9 Å². The van der Waals surface area contributed by atoms with Gasteiger partial charge in [-0.05, 0) is 42.0 Å². The Morgan fingerprint density at radius 2 is 1.88 bits per heavy atom. The summed E-state index contributed by atoms with van der Waals surface area (Å²) in [7, 11) is 0. The van der Waals surface area contributed by atoms with Gasteiger partial charge in [-0.3, -0.25) is 19.4 Å². The standard InChI is InChI=1S/C17H17N5O4/c18-15(23)11-26-14-6-4-12(5-7-14)9-21-22-17(25)16(24)20-10-13-3-1-2-8-19-13/h1-9H,10-11H2,(H2,18,23)(H,20,24)(H,22,25). The van der Waals surface area contributed by atoms with Crippen LogP contribution < -0.4 is 21.2 Å². The lowest BCUT2D eigenvalue weighted by atomic mass is 10.2. The third-order valence-corrected chi connectivity index (χ3v) is 3.00. The van der Waals surface area contributed by atoms with Crippen molar-refractivity contribution < 1.29 is 19.1 Å². The normalized spacial score (nSPS) is 10.3. The Hall–Kier alpha value is -3.75. The number of carbonyl (C=O) groups excluding carboxylic acids is 3. The zero-order chi connectivity index (χ0) is 18.8. The maximum absolute atomic E-state index is 11.7. The molecule has 134 valence electrons. The van der Waals surface area contributed by atoms with Crippen molar-refractivity contribution in [3.8, 4) is 5.75 Å². The number of rotatable bonds is 7. The second-order valence-corrected chi connectivity index (χ2v) is 5.03. The number of pyridine rings is 1. The molecule has 0 unspecified atom stereocenters. The van der Waals surface area contributed by atoms with Crippen molar-refractivity contribution in [3.63, 3.8) is 0 Å². The monoisotopic (exact) mass is 355 g/mol. The number of amides is 3. The van der Waals surface area contributed by atoms with Crippen molar-refractivity contribution in [1.29, 1.82) is 0 Å². The van der Waals surface area contributed by atoms with Crippen molar-refractivity contribution in [2.75, 3.05) is 6.61 Å². The summed E-state index contributed by atoms with van der Waals surface area (Å²) in [4.78, 5) is 37.9. The SMILES string of the molecule is NC(=O)COc1ccc(C=NNC(=O)C(=O)NCc2ccccn2)cc1. The molecule has 1 aromatic heterocycles. The van der Waals surface area contributed by atoms with E-state index in [1.54, 1.807) is 48.7 Å². The zero-order valence-electron chi connectivity index (χ0n) is 13.7. The van der Waals surface area contributed by atoms with Gasteiger partial charge in [-0.25, -0.2) is 5.43 Å². The van der Waals surface area contributed by atoms with Crippen LogP contribution in [0.2, 0.25) is 0 Å². The number of hydrazone groups is 1. The predicted molar refractivity (Wildman–Crippen MR) is 93.0 cm³/mol. The van der Waals surface area contributed by atoms with Crippen LogP contribution in [0.5, 0.6) is 5.75 Å². The van der Waals surface area contributed by atoms with E-state index in [0.29, 0.717) is 17.0 Å². The quantitative estimate of drug-likeness (QED) is 0.356. The van der Waals surface area contributed by atoms with Gasteiger partial charge in [0.2, 0.25) is 0 Å². The molecular weight excluding hydrogens is 338 g/mol. The number of hydrogen-bond acceptors (Lipinski definition) is 6. The van der Waals surface area contributed by atoms with Gasteiger partial charge in [-0.15, -0.1) is 0 Å². The van der Waals surface area contributed by atoms with Crippen LogP contribution in [0.4, 0.5) is 0 Å². The van der Waals surface area contributed by atoms with E-state index in [4.69, 9.17) is 10.5 Å². The number of nitrogens with one attached hydrogen (secondary N) is 2. The molecule has 0 spiro atoms. The Balaban J connectivity index is 1.77. The zero-order valence-corrected chi connectivity index (χ0v) is 13.7. The summed E-state index contributed by atoms with van der Waals surface area (Å²) in [5.74, 6) is -1.81. The van der Waals surface area contributed by atoms with Gasteiger partial charge in [-0.1, -0.05) is 6.07 Å². The number of hydrogen-bond donors (Lipinski definition) is 3. The van der Waals surface area contributed by atoms with Gasteiger partial charge in [0, 0.05) is 6.20 Å². The third kappa shape index (κ3) is 6.40. The van der Waals surface area contributed by atoms with Crippen LogP contribution in [-0.4, -0.2) is 35.5 Å². The van der Waals surface area contributed by atoms with E-state index in [9.17, 15) is 14.4 Å². The van der Waals surface area contributed by atoms with E-state index in [2.05, 4.69) is 20.8 Å². The predicted octanol–water partition coefficient (Wildman–Crippen LogP) is -0.288. The van der Waals surface area contributed by atoms with Gasteiger partial charge in [-0.2, -0.15) is 5.10 Å². The Kier molecular flexibility index (Phi) is 6.81.